The molecule has 0 unspecified atom stereocenters. The van der Waals surface area contributed by atoms with Crippen molar-refractivity contribution in [2.75, 3.05) is 5.73 Å². The van der Waals surface area contributed by atoms with Gasteiger partial charge in [0, 0.05) is 16.6 Å². The summed E-state index contributed by atoms with van der Waals surface area (Å²) in [4.78, 5) is 0. The smallest absolute Gasteiger partial charge is 0.135 e. The summed E-state index contributed by atoms with van der Waals surface area (Å²) >= 11 is 0. The van der Waals surface area contributed by atoms with Crippen molar-refractivity contribution in [3.63, 3.8) is 0 Å². The van der Waals surface area contributed by atoms with E-state index in [0.29, 0.717) is 0 Å². The third kappa shape index (κ3) is 3.46. The molecule has 0 bridgehead atoms. The fourth-order valence-corrected chi connectivity index (χ4v) is 3.79. The van der Waals surface area contributed by atoms with Crippen LogP contribution in [0.25, 0.3) is 10.8 Å². The molecule has 140 valence electrons. The fourth-order valence-electron chi connectivity index (χ4n) is 3.79. The van der Waals surface area contributed by atoms with Gasteiger partial charge in [0.05, 0.1) is 0 Å². The molecule has 0 aromatic heterocycles. The normalized spacial score (nSPS) is 10.9. The van der Waals surface area contributed by atoms with E-state index in [0.717, 1.165) is 46.5 Å². The molecular formula is C26H25NO. The molecule has 0 saturated carbocycles. The molecule has 4 aromatic rings. The number of hydrogen-bond acceptors (Lipinski definition) is 2. The van der Waals surface area contributed by atoms with Crippen molar-refractivity contribution in [3.8, 4) is 11.5 Å². The van der Waals surface area contributed by atoms with Gasteiger partial charge in [0.15, 0.2) is 0 Å². The van der Waals surface area contributed by atoms with E-state index >= 15 is 0 Å². The molecule has 28 heavy (non-hydrogen) atoms. The van der Waals surface area contributed by atoms with Crippen molar-refractivity contribution in [3.05, 3.63) is 101 Å². The monoisotopic (exact) mass is 367 g/mol. The van der Waals surface area contributed by atoms with Crippen LogP contribution in [0.5, 0.6) is 11.5 Å². The molecule has 4 rings (SSSR count). The summed E-state index contributed by atoms with van der Waals surface area (Å²) in [6.45, 7) is 4.24. The molecular weight excluding hydrogens is 342 g/mol. The van der Waals surface area contributed by atoms with E-state index in [1.54, 1.807) is 0 Å². The molecule has 0 atom stereocenters. The number of nitrogen functional groups attached to an aromatic ring is 1. The highest BCUT2D eigenvalue weighted by atomic mass is 16.5. The minimum atomic E-state index is 0.827. The molecule has 0 heterocycles. The van der Waals surface area contributed by atoms with Crippen molar-refractivity contribution in [1.29, 1.82) is 0 Å². The molecule has 4 aromatic carbocycles. The van der Waals surface area contributed by atoms with E-state index in [1.807, 2.05) is 30.3 Å². The minimum absolute atomic E-state index is 0.827. The average molecular weight is 367 g/mol. The summed E-state index contributed by atoms with van der Waals surface area (Å²) in [6.07, 6.45) is 1.66. The maximum atomic E-state index is 6.63. The van der Waals surface area contributed by atoms with Gasteiger partial charge in [-0.15, -0.1) is 0 Å². The lowest BCUT2D eigenvalue weighted by Crippen LogP contribution is -2.05. The second kappa shape index (κ2) is 7.77. The summed E-state index contributed by atoms with van der Waals surface area (Å²) < 4.78 is 6.40. The van der Waals surface area contributed by atoms with E-state index in [4.69, 9.17) is 10.5 Å². The summed E-state index contributed by atoms with van der Waals surface area (Å²) in [6, 6.07) is 27.0. The first-order chi connectivity index (χ1) is 13.7. The Morgan fingerprint density at radius 3 is 2.29 bits per heavy atom. The van der Waals surface area contributed by atoms with Crippen LogP contribution in [0.2, 0.25) is 0 Å². The Labute approximate surface area is 166 Å². The molecule has 2 nitrogen and oxygen atoms in total. The van der Waals surface area contributed by atoms with Crippen LogP contribution >= 0.6 is 0 Å². The van der Waals surface area contributed by atoms with E-state index in [2.05, 4.69) is 62.4 Å². The minimum Gasteiger partial charge on any atom is -0.456 e. The van der Waals surface area contributed by atoms with Gasteiger partial charge in [0.1, 0.15) is 11.5 Å². The van der Waals surface area contributed by atoms with Crippen LogP contribution in [-0.2, 0) is 12.8 Å². The largest absolute Gasteiger partial charge is 0.456 e. The van der Waals surface area contributed by atoms with Crippen LogP contribution in [0.3, 0.4) is 0 Å². The van der Waals surface area contributed by atoms with Crippen molar-refractivity contribution < 1.29 is 4.74 Å². The van der Waals surface area contributed by atoms with Crippen LogP contribution in [0.4, 0.5) is 5.69 Å². The van der Waals surface area contributed by atoms with E-state index < -0.39 is 0 Å². The summed E-state index contributed by atoms with van der Waals surface area (Å²) in [5.41, 5.74) is 12.2. The van der Waals surface area contributed by atoms with Crippen LogP contribution in [-0.4, -0.2) is 0 Å². The Kier molecular flexibility index (Phi) is 5.03. The predicted octanol–water partition coefficient (Wildman–Crippen LogP) is 6.68. The molecule has 2 N–H and O–H groups in total. The Morgan fingerprint density at radius 2 is 1.50 bits per heavy atom. The fraction of sp³-hybridized carbons (Fsp3) is 0.154. The number of ether oxygens (including phenoxy) is 1. The first-order valence-corrected chi connectivity index (χ1v) is 9.77. The number of hydrogen-bond donors (Lipinski definition) is 1. The summed E-state index contributed by atoms with van der Waals surface area (Å²) in [7, 11) is 0. The van der Waals surface area contributed by atoms with Gasteiger partial charge >= 0.3 is 0 Å². The highest BCUT2D eigenvalue weighted by Crippen LogP contribution is 2.37. The average Bonchev–Trinajstić information content (AvgIpc) is 2.72. The third-order valence-corrected chi connectivity index (χ3v) is 5.32. The van der Waals surface area contributed by atoms with Gasteiger partial charge in [0.2, 0.25) is 0 Å². The zero-order valence-corrected chi connectivity index (χ0v) is 16.4. The number of benzene rings is 4. The SMILES string of the molecule is CCc1c(Oc2cccc3ccccc23)cc(C)c(Cc2ccccc2)c1N. The number of aryl methyl sites for hydroxylation is 1. The highest BCUT2D eigenvalue weighted by Gasteiger charge is 2.16. The number of fused-ring (bicyclic) bond motifs is 1. The van der Waals surface area contributed by atoms with E-state index in [9.17, 15) is 0 Å². The van der Waals surface area contributed by atoms with Gasteiger partial charge in [-0.05, 0) is 54.0 Å². The molecule has 2 heteroatoms. The first kappa shape index (κ1) is 18.1. The Hall–Kier alpha value is -3.26. The van der Waals surface area contributed by atoms with Crippen LogP contribution in [0.15, 0.2) is 78.9 Å². The van der Waals surface area contributed by atoms with E-state index in [1.165, 1.54) is 16.5 Å². The molecule has 0 spiro atoms. The lowest BCUT2D eigenvalue weighted by molar-refractivity contribution is 0.482. The van der Waals surface area contributed by atoms with Gasteiger partial charge in [0.25, 0.3) is 0 Å². The lowest BCUT2D eigenvalue weighted by atomic mass is 9.94. The zero-order chi connectivity index (χ0) is 19.5. The Balaban J connectivity index is 1.75. The van der Waals surface area contributed by atoms with Gasteiger partial charge in [-0.25, -0.2) is 0 Å². The van der Waals surface area contributed by atoms with Gasteiger partial charge in [-0.3, -0.25) is 0 Å². The van der Waals surface area contributed by atoms with Crippen LogP contribution in [0.1, 0.15) is 29.2 Å². The zero-order valence-electron chi connectivity index (χ0n) is 16.4. The Bertz CT molecular complexity index is 1110. The standard InChI is InChI=1S/C26H25NO/c1-3-21-25(28-24-15-9-13-20-12-7-8-14-22(20)24)16-18(2)23(26(21)27)17-19-10-5-4-6-11-19/h4-16H,3,17,27H2,1-2H3. The molecule has 0 radical (unpaired) electrons. The maximum absolute atomic E-state index is 6.63. The van der Waals surface area contributed by atoms with Crippen molar-refractivity contribution in [1.82, 2.24) is 0 Å². The molecule has 0 aliphatic carbocycles. The second-order valence-electron chi connectivity index (χ2n) is 7.16. The van der Waals surface area contributed by atoms with Crippen molar-refractivity contribution in [2.24, 2.45) is 0 Å². The highest BCUT2D eigenvalue weighted by molar-refractivity contribution is 5.88. The van der Waals surface area contributed by atoms with Crippen LogP contribution in [0, 0.1) is 6.92 Å². The maximum Gasteiger partial charge on any atom is 0.135 e. The van der Waals surface area contributed by atoms with Crippen molar-refractivity contribution >= 4 is 16.5 Å². The summed E-state index contributed by atoms with van der Waals surface area (Å²) in [5.74, 6) is 1.72. The number of anilines is 1. The Morgan fingerprint density at radius 1 is 0.786 bits per heavy atom. The third-order valence-electron chi connectivity index (χ3n) is 5.32. The molecule has 0 aliphatic rings. The molecule has 0 amide bonds. The topological polar surface area (TPSA) is 35.2 Å². The second-order valence-corrected chi connectivity index (χ2v) is 7.16. The van der Waals surface area contributed by atoms with Gasteiger partial charge < -0.3 is 10.5 Å². The lowest BCUT2D eigenvalue weighted by Gasteiger charge is -2.19. The molecule has 0 saturated heterocycles. The predicted molar refractivity (Wildman–Crippen MR) is 118 cm³/mol. The molecule has 0 fully saturated rings. The van der Waals surface area contributed by atoms with Gasteiger partial charge in [-0.2, -0.15) is 0 Å². The number of nitrogens with two attached hydrogens (primary N) is 1. The van der Waals surface area contributed by atoms with E-state index in [-0.39, 0.29) is 0 Å². The van der Waals surface area contributed by atoms with Crippen LogP contribution < -0.4 is 10.5 Å². The number of rotatable bonds is 5. The van der Waals surface area contributed by atoms with Crippen molar-refractivity contribution in [2.45, 2.75) is 26.7 Å². The quantitative estimate of drug-likeness (QED) is 0.399. The van der Waals surface area contributed by atoms with Gasteiger partial charge in [-0.1, -0.05) is 73.7 Å². The molecule has 0 aliphatic heterocycles. The first-order valence-electron chi connectivity index (χ1n) is 9.77. The summed E-state index contributed by atoms with van der Waals surface area (Å²) in [5, 5.41) is 2.28.